The first-order chi connectivity index (χ1) is 7.47. The van der Waals surface area contributed by atoms with Gasteiger partial charge in [-0.3, -0.25) is 0 Å². The van der Waals surface area contributed by atoms with E-state index < -0.39 is 0 Å². The summed E-state index contributed by atoms with van der Waals surface area (Å²) in [5, 5.41) is 10.1. The molecule has 0 saturated carbocycles. The van der Waals surface area contributed by atoms with Crippen molar-refractivity contribution in [2.45, 2.75) is 45.6 Å². The third-order valence-electron chi connectivity index (χ3n) is 3.44. The van der Waals surface area contributed by atoms with Crippen molar-refractivity contribution < 1.29 is 9.84 Å². The van der Waals surface area contributed by atoms with E-state index in [1.54, 1.807) is 0 Å². The average molecular weight is 220 g/mol. The van der Waals surface area contributed by atoms with Crippen molar-refractivity contribution in [2.75, 3.05) is 6.61 Å². The molecule has 0 fully saturated rings. The van der Waals surface area contributed by atoms with Crippen molar-refractivity contribution in [3.8, 4) is 5.75 Å². The van der Waals surface area contributed by atoms with Crippen molar-refractivity contribution in [3.63, 3.8) is 0 Å². The number of aryl methyl sites for hydroxylation is 1. The van der Waals surface area contributed by atoms with E-state index in [4.69, 9.17) is 4.74 Å². The monoisotopic (exact) mass is 220 g/mol. The minimum Gasteiger partial charge on any atom is -0.494 e. The fraction of sp³-hybridized carbons (Fsp3) is 0.571. The van der Waals surface area contributed by atoms with Crippen LogP contribution in [0.4, 0.5) is 0 Å². The summed E-state index contributed by atoms with van der Waals surface area (Å²) < 4.78 is 5.68. The van der Waals surface area contributed by atoms with Gasteiger partial charge in [0.1, 0.15) is 5.75 Å². The molecule has 1 N–H and O–H groups in total. The normalized spacial score (nSPS) is 21.9. The number of aliphatic hydroxyl groups is 1. The number of benzene rings is 1. The molecule has 0 spiro atoms. The SMILES string of the molecule is CCOc1ccc(C)c2c1C(C)(C)C[C@H]2O. The van der Waals surface area contributed by atoms with Gasteiger partial charge in [0.05, 0.1) is 12.7 Å². The maximum atomic E-state index is 10.1. The molecule has 1 atom stereocenters. The van der Waals surface area contributed by atoms with E-state index in [2.05, 4.69) is 20.8 Å². The predicted molar refractivity (Wildman–Crippen MR) is 65.0 cm³/mol. The Hall–Kier alpha value is -1.02. The van der Waals surface area contributed by atoms with Crippen LogP contribution >= 0.6 is 0 Å². The zero-order chi connectivity index (χ0) is 11.9. The molecular formula is C14H20O2. The Bertz CT molecular complexity index is 407. The minimum atomic E-state index is -0.342. The smallest absolute Gasteiger partial charge is 0.123 e. The average Bonchev–Trinajstić information content (AvgIpc) is 2.43. The third-order valence-corrected chi connectivity index (χ3v) is 3.44. The van der Waals surface area contributed by atoms with E-state index in [0.717, 1.165) is 23.3 Å². The van der Waals surface area contributed by atoms with Crippen molar-refractivity contribution in [3.05, 3.63) is 28.8 Å². The number of rotatable bonds is 2. The Kier molecular flexibility index (Phi) is 2.70. The maximum Gasteiger partial charge on any atom is 0.123 e. The highest BCUT2D eigenvalue weighted by Gasteiger charge is 2.39. The van der Waals surface area contributed by atoms with Gasteiger partial charge in [0, 0.05) is 5.56 Å². The van der Waals surface area contributed by atoms with Crippen LogP contribution in [-0.4, -0.2) is 11.7 Å². The van der Waals surface area contributed by atoms with Gasteiger partial charge in [-0.05, 0) is 42.9 Å². The van der Waals surface area contributed by atoms with Crippen LogP contribution in [0.15, 0.2) is 12.1 Å². The summed E-state index contributed by atoms with van der Waals surface area (Å²) in [7, 11) is 0. The summed E-state index contributed by atoms with van der Waals surface area (Å²) in [5.74, 6) is 0.935. The van der Waals surface area contributed by atoms with Crippen LogP contribution in [0.2, 0.25) is 0 Å². The van der Waals surface area contributed by atoms with Crippen LogP contribution in [0.3, 0.4) is 0 Å². The molecule has 88 valence electrons. The Morgan fingerprint density at radius 3 is 2.75 bits per heavy atom. The van der Waals surface area contributed by atoms with E-state index in [9.17, 15) is 5.11 Å². The summed E-state index contributed by atoms with van der Waals surface area (Å²) in [6, 6.07) is 4.06. The highest BCUT2D eigenvalue weighted by Crippen LogP contribution is 2.49. The van der Waals surface area contributed by atoms with E-state index in [1.807, 2.05) is 19.1 Å². The highest BCUT2D eigenvalue weighted by molar-refractivity contribution is 5.53. The molecule has 1 aromatic rings. The number of ether oxygens (including phenoxy) is 1. The quantitative estimate of drug-likeness (QED) is 0.829. The van der Waals surface area contributed by atoms with E-state index >= 15 is 0 Å². The molecule has 2 nitrogen and oxygen atoms in total. The molecule has 0 amide bonds. The lowest BCUT2D eigenvalue weighted by Crippen LogP contribution is -2.14. The number of hydrogen-bond donors (Lipinski definition) is 1. The number of hydrogen-bond acceptors (Lipinski definition) is 2. The van der Waals surface area contributed by atoms with E-state index in [-0.39, 0.29) is 11.5 Å². The summed E-state index contributed by atoms with van der Waals surface area (Å²) in [6.07, 6.45) is 0.443. The predicted octanol–water partition coefficient (Wildman–Crippen LogP) is 3.11. The van der Waals surface area contributed by atoms with Gasteiger partial charge in [-0.2, -0.15) is 0 Å². The molecule has 0 unspecified atom stereocenters. The summed E-state index contributed by atoms with van der Waals surface area (Å²) in [4.78, 5) is 0. The molecule has 2 rings (SSSR count). The van der Waals surface area contributed by atoms with Gasteiger partial charge in [-0.15, -0.1) is 0 Å². The molecule has 1 aliphatic rings. The second-order valence-electron chi connectivity index (χ2n) is 5.21. The molecule has 0 heterocycles. The first kappa shape index (κ1) is 11.5. The van der Waals surface area contributed by atoms with Gasteiger partial charge >= 0.3 is 0 Å². The lowest BCUT2D eigenvalue weighted by atomic mass is 9.85. The molecule has 2 heteroatoms. The molecule has 0 aliphatic heterocycles. The molecule has 1 aliphatic carbocycles. The molecule has 0 bridgehead atoms. The second-order valence-corrected chi connectivity index (χ2v) is 5.21. The molecule has 1 aromatic carbocycles. The van der Waals surface area contributed by atoms with Crippen LogP contribution in [0, 0.1) is 6.92 Å². The number of aliphatic hydroxyl groups excluding tert-OH is 1. The zero-order valence-corrected chi connectivity index (χ0v) is 10.5. The standard InChI is InChI=1S/C14H20O2/c1-5-16-11-7-6-9(2)12-10(15)8-14(3,4)13(11)12/h6-7,10,15H,5,8H2,1-4H3/t10-/m1/s1. The topological polar surface area (TPSA) is 29.5 Å². The van der Waals surface area contributed by atoms with Crippen LogP contribution in [0.5, 0.6) is 5.75 Å². The van der Waals surface area contributed by atoms with Crippen LogP contribution < -0.4 is 4.74 Å². The van der Waals surface area contributed by atoms with Gasteiger partial charge in [-0.25, -0.2) is 0 Å². The van der Waals surface area contributed by atoms with Crippen LogP contribution in [0.25, 0.3) is 0 Å². The van der Waals surface area contributed by atoms with Crippen molar-refractivity contribution in [2.24, 2.45) is 0 Å². The number of fused-ring (bicyclic) bond motifs is 1. The largest absolute Gasteiger partial charge is 0.494 e. The molecule has 0 radical (unpaired) electrons. The Balaban J connectivity index is 2.62. The van der Waals surface area contributed by atoms with Gasteiger partial charge in [0.15, 0.2) is 0 Å². The molecule has 0 aromatic heterocycles. The van der Waals surface area contributed by atoms with Gasteiger partial charge in [0.25, 0.3) is 0 Å². The van der Waals surface area contributed by atoms with Crippen molar-refractivity contribution in [1.29, 1.82) is 0 Å². The van der Waals surface area contributed by atoms with Crippen molar-refractivity contribution >= 4 is 0 Å². The fourth-order valence-electron chi connectivity index (χ4n) is 2.79. The van der Waals surface area contributed by atoms with E-state index in [1.165, 1.54) is 5.56 Å². The first-order valence-corrected chi connectivity index (χ1v) is 5.92. The first-order valence-electron chi connectivity index (χ1n) is 5.92. The van der Waals surface area contributed by atoms with Crippen molar-refractivity contribution in [1.82, 2.24) is 0 Å². The Morgan fingerprint density at radius 2 is 2.12 bits per heavy atom. The lowest BCUT2D eigenvalue weighted by Gasteiger charge is -2.22. The van der Waals surface area contributed by atoms with Crippen LogP contribution in [-0.2, 0) is 5.41 Å². The molecular weight excluding hydrogens is 200 g/mol. The van der Waals surface area contributed by atoms with Crippen LogP contribution in [0.1, 0.15) is 50.0 Å². The summed E-state index contributed by atoms with van der Waals surface area (Å²) in [5.41, 5.74) is 3.44. The fourth-order valence-corrected chi connectivity index (χ4v) is 2.79. The van der Waals surface area contributed by atoms with E-state index in [0.29, 0.717) is 6.61 Å². The van der Waals surface area contributed by atoms with Gasteiger partial charge < -0.3 is 9.84 Å². The zero-order valence-electron chi connectivity index (χ0n) is 10.5. The Morgan fingerprint density at radius 1 is 1.44 bits per heavy atom. The molecule has 0 saturated heterocycles. The second kappa shape index (κ2) is 3.77. The summed E-state index contributed by atoms with van der Waals surface area (Å²) in [6.45, 7) is 9.06. The highest BCUT2D eigenvalue weighted by atomic mass is 16.5. The molecule has 16 heavy (non-hydrogen) atoms. The maximum absolute atomic E-state index is 10.1. The van der Waals surface area contributed by atoms with Gasteiger partial charge in [-0.1, -0.05) is 19.9 Å². The lowest BCUT2D eigenvalue weighted by molar-refractivity contribution is 0.161. The van der Waals surface area contributed by atoms with Gasteiger partial charge in [0.2, 0.25) is 0 Å². The third kappa shape index (κ3) is 1.61. The minimum absolute atomic E-state index is 0.00523. The summed E-state index contributed by atoms with van der Waals surface area (Å²) >= 11 is 0. The Labute approximate surface area is 97.3 Å².